The molecule has 1 aromatic carbocycles. The van der Waals surface area contributed by atoms with E-state index in [1.807, 2.05) is 42.8 Å². The molecule has 1 atom stereocenters. The van der Waals surface area contributed by atoms with Crippen molar-refractivity contribution >= 4 is 5.91 Å². The minimum atomic E-state index is -0.243. The van der Waals surface area contributed by atoms with Crippen LogP contribution in [0.1, 0.15) is 39.2 Å². The summed E-state index contributed by atoms with van der Waals surface area (Å²) in [5.74, 6) is 1.20. The number of aryl methyl sites for hydroxylation is 2. The van der Waals surface area contributed by atoms with Crippen LogP contribution in [0.2, 0.25) is 0 Å². The van der Waals surface area contributed by atoms with E-state index in [0.717, 1.165) is 28.4 Å². The van der Waals surface area contributed by atoms with Gasteiger partial charge in [-0.15, -0.1) is 0 Å². The van der Waals surface area contributed by atoms with E-state index in [1.165, 1.54) is 0 Å². The number of methoxy groups -OCH3 is 1. The van der Waals surface area contributed by atoms with E-state index >= 15 is 0 Å². The monoisotopic (exact) mass is 396 g/mol. The molecular formula is C21H24N4O4. The van der Waals surface area contributed by atoms with Gasteiger partial charge in [-0.25, -0.2) is 4.68 Å². The predicted molar refractivity (Wildman–Crippen MR) is 105 cm³/mol. The summed E-state index contributed by atoms with van der Waals surface area (Å²) in [4.78, 5) is 14.9. The smallest absolute Gasteiger partial charge is 0.276 e. The molecule has 8 nitrogen and oxygen atoms in total. The highest BCUT2D eigenvalue weighted by atomic mass is 16.5. The summed E-state index contributed by atoms with van der Waals surface area (Å²) in [6, 6.07) is 9.15. The highest BCUT2D eigenvalue weighted by Gasteiger charge is 2.34. The number of hydrogen-bond acceptors (Lipinski definition) is 6. The van der Waals surface area contributed by atoms with Crippen LogP contribution in [0, 0.1) is 20.8 Å². The van der Waals surface area contributed by atoms with Gasteiger partial charge in [-0.05, 0) is 32.9 Å². The van der Waals surface area contributed by atoms with Crippen LogP contribution in [0.4, 0.5) is 0 Å². The Balaban J connectivity index is 1.72. The normalized spacial score (nSPS) is 16.8. The lowest BCUT2D eigenvalue weighted by Crippen LogP contribution is -2.44. The zero-order valence-corrected chi connectivity index (χ0v) is 17.0. The first kappa shape index (κ1) is 19.2. The van der Waals surface area contributed by atoms with E-state index in [0.29, 0.717) is 31.2 Å². The zero-order valence-electron chi connectivity index (χ0n) is 17.0. The molecule has 1 amide bonds. The minimum Gasteiger partial charge on any atom is -0.497 e. The van der Waals surface area contributed by atoms with Crippen molar-refractivity contribution < 1.29 is 18.8 Å². The van der Waals surface area contributed by atoms with Gasteiger partial charge in [-0.1, -0.05) is 11.2 Å². The van der Waals surface area contributed by atoms with E-state index in [-0.39, 0.29) is 11.9 Å². The topological polar surface area (TPSA) is 82.6 Å². The Kier molecular flexibility index (Phi) is 5.10. The summed E-state index contributed by atoms with van der Waals surface area (Å²) in [7, 11) is 1.64. The van der Waals surface area contributed by atoms with Crippen molar-refractivity contribution in [3.8, 4) is 11.4 Å². The fourth-order valence-electron chi connectivity index (χ4n) is 3.83. The summed E-state index contributed by atoms with van der Waals surface area (Å²) >= 11 is 0. The molecule has 8 heteroatoms. The third-order valence-electron chi connectivity index (χ3n) is 5.21. The van der Waals surface area contributed by atoms with E-state index in [2.05, 4.69) is 5.16 Å². The van der Waals surface area contributed by atoms with Crippen molar-refractivity contribution in [3.05, 3.63) is 58.7 Å². The Bertz CT molecular complexity index is 1040. The van der Waals surface area contributed by atoms with Crippen molar-refractivity contribution in [2.75, 3.05) is 26.9 Å². The molecule has 0 N–H and O–H groups in total. The first-order chi connectivity index (χ1) is 14.0. The number of benzene rings is 1. The van der Waals surface area contributed by atoms with Crippen LogP contribution in [0.3, 0.4) is 0 Å². The molecule has 3 heterocycles. The van der Waals surface area contributed by atoms with Gasteiger partial charge in [0.15, 0.2) is 5.69 Å². The average molecular weight is 396 g/mol. The second kappa shape index (κ2) is 7.71. The van der Waals surface area contributed by atoms with Crippen molar-refractivity contribution in [1.82, 2.24) is 19.8 Å². The first-order valence-corrected chi connectivity index (χ1v) is 9.52. The quantitative estimate of drug-likeness (QED) is 0.674. The molecule has 0 bridgehead atoms. The fraction of sp³-hybridized carbons (Fsp3) is 0.381. The standard InChI is InChI=1S/C21H24N4O4/c1-13-10-18(23-29-13)21(26)24-8-9-28-12-19(24)20-14(2)22-25(15(20)3)16-6-5-7-17(11-16)27-4/h5-7,10-11,19H,8-9,12H2,1-4H3. The molecule has 29 heavy (non-hydrogen) atoms. The van der Waals surface area contributed by atoms with Gasteiger partial charge in [0.05, 0.1) is 37.7 Å². The number of carbonyl (C=O) groups excluding carboxylic acids is 1. The number of rotatable bonds is 4. The molecule has 1 fully saturated rings. The third kappa shape index (κ3) is 3.51. The molecular weight excluding hydrogens is 372 g/mol. The van der Waals surface area contributed by atoms with Gasteiger partial charge in [-0.2, -0.15) is 5.10 Å². The van der Waals surface area contributed by atoms with Gasteiger partial charge in [0, 0.05) is 29.9 Å². The maximum absolute atomic E-state index is 13.1. The van der Waals surface area contributed by atoms with E-state index < -0.39 is 0 Å². The van der Waals surface area contributed by atoms with Gasteiger partial charge in [0.2, 0.25) is 0 Å². The number of hydrogen-bond donors (Lipinski definition) is 0. The van der Waals surface area contributed by atoms with E-state index in [4.69, 9.17) is 19.1 Å². The molecule has 0 saturated carbocycles. The molecule has 1 aliphatic heterocycles. The van der Waals surface area contributed by atoms with Crippen LogP contribution >= 0.6 is 0 Å². The SMILES string of the molecule is COc1cccc(-n2nc(C)c(C3COCCN3C(=O)c3cc(C)on3)c2C)c1. The third-order valence-corrected chi connectivity index (χ3v) is 5.21. The molecule has 2 aromatic heterocycles. The maximum Gasteiger partial charge on any atom is 0.276 e. The number of carbonyl (C=O) groups is 1. The maximum atomic E-state index is 13.1. The Morgan fingerprint density at radius 2 is 2.07 bits per heavy atom. The summed E-state index contributed by atoms with van der Waals surface area (Å²) in [5.41, 5.74) is 4.01. The van der Waals surface area contributed by atoms with Crippen LogP contribution in [0.15, 0.2) is 34.9 Å². The lowest BCUT2D eigenvalue weighted by molar-refractivity contribution is -0.00354. The largest absolute Gasteiger partial charge is 0.497 e. The molecule has 152 valence electrons. The van der Waals surface area contributed by atoms with Gasteiger partial charge in [0.25, 0.3) is 5.91 Å². The second-order valence-electron chi connectivity index (χ2n) is 7.11. The van der Waals surface area contributed by atoms with Crippen molar-refractivity contribution in [2.24, 2.45) is 0 Å². The summed E-state index contributed by atoms with van der Waals surface area (Å²) in [6.07, 6.45) is 0. The second-order valence-corrected chi connectivity index (χ2v) is 7.11. The zero-order chi connectivity index (χ0) is 20.5. The van der Waals surface area contributed by atoms with Gasteiger partial charge >= 0.3 is 0 Å². The summed E-state index contributed by atoms with van der Waals surface area (Å²) < 4.78 is 18.0. The molecule has 1 unspecified atom stereocenters. The molecule has 1 saturated heterocycles. The Hall–Kier alpha value is -3.13. The van der Waals surface area contributed by atoms with Crippen LogP contribution in [-0.2, 0) is 4.74 Å². The van der Waals surface area contributed by atoms with Crippen LogP contribution in [0.5, 0.6) is 5.75 Å². The minimum absolute atomic E-state index is 0.164. The molecule has 0 spiro atoms. The fourth-order valence-corrected chi connectivity index (χ4v) is 3.83. The highest BCUT2D eigenvalue weighted by molar-refractivity contribution is 5.92. The van der Waals surface area contributed by atoms with Crippen LogP contribution in [0.25, 0.3) is 5.69 Å². The molecule has 1 aliphatic rings. The van der Waals surface area contributed by atoms with E-state index in [9.17, 15) is 4.79 Å². The number of nitrogens with zero attached hydrogens (tertiary/aromatic N) is 4. The van der Waals surface area contributed by atoms with Crippen molar-refractivity contribution in [3.63, 3.8) is 0 Å². The van der Waals surface area contributed by atoms with Crippen LogP contribution < -0.4 is 4.74 Å². The Morgan fingerprint density at radius 1 is 1.24 bits per heavy atom. The molecule has 0 aliphatic carbocycles. The summed E-state index contributed by atoms with van der Waals surface area (Å²) in [5, 5.41) is 8.63. The van der Waals surface area contributed by atoms with Crippen molar-refractivity contribution in [2.45, 2.75) is 26.8 Å². The van der Waals surface area contributed by atoms with Crippen molar-refractivity contribution in [1.29, 1.82) is 0 Å². The molecule has 0 radical (unpaired) electrons. The Labute approximate surface area is 169 Å². The predicted octanol–water partition coefficient (Wildman–Crippen LogP) is 3.01. The molecule has 4 rings (SSSR count). The lowest BCUT2D eigenvalue weighted by atomic mass is 10.0. The summed E-state index contributed by atoms with van der Waals surface area (Å²) in [6.45, 7) is 7.11. The number of morpholine rings is 1. The lowest BCUT2D eigenvalue weighted by Gasteiger charge is -2.35. The average Bonchev–Trinajstić information content (AvgIpc) is 3.30. The highest BCUT2D eigenvalue weighted by Crippen LogP contribution is 2.32. The number of amides is 1. The van der Waals surface area contributed by atoms with E-state index in [1.54, 1.807) is 25.0 Å². The van der Waals surface area contributed by atoms with Gasteiger partial charge < -0.3 is 18.9 Å². The van der Waals surface area contributed by atoms with Gasteiger partial charge in [0.1, 0.15) is 11.5 Å². The van der Waals surface area contributed by atoms with Crippen LogP contribution in [-0.4, -0.2) is 52.6 Å². The Morgan fingerprint density at radius 3 is 2.79 bits per heavy atom. The first-order valence-electron chi connectivity index (χ1n) is 9.52. The van der Waals surface area contributed by atoms with Gasteiger partial charge in [-0.3, -0.25) is 4.79 Å². The number of ether oxygens (including phenoxy) is 2. The number of aromatic nitrogens is 3. The molecule has 3 aromatic rings.